The highest BCUT2D eigenvalue weighted by atomic mass is 35.5. The van der Waals surface area contributed by atoms with Crippen molar-refractivity contribution in [1.29, 1.82) is 0 Å². The van der Waals surface area contributed by atoms with Gasteiger partial charge in [0.05, 0.1) is 28.3 Å². The summed E-state index contributed by atoms with van der Waals surface area (Å²) in [5.41, 5.74) is 9.91. The lowest BCUT2D eigenvalue weighted by Gasteiger charge is -2.10. The number of nitrogens with two attached hydrogens (primary N) is 1. The van der Waals surface area contributed by atoms with Gasteiger partial charge in [0, 0.05) is 6.20 Å². The number of rotatable bonds is 3. The van der Waals surface area contributed by atoms with E-state index in [0.717, 1.165) is 23.1 Å². The van der Waals surface area contributed by atoms with Gasteiger partial charge in [-0.25, -0.2) is 4.98 Å². The van der Waals surface area contributed by atoms with Gasteiger partial charge in [0.15, 0.2) is 0 Å². The number of pyridine rings is 1. The highest BCUT2D eigenvalue weighted by Gasteiger charge is 2.13. The van der Waals surface area contributed by atoms with Crippen LogP contribution in [0, 0.1) is 0 Å². The minimum atomic E-state index is 0.459. The summed E-state index contributed by atoms with van der Waals surface area (Å²) in [5.74, 6) is 0.459. The van der Waals surface area contributed by atoms with E-state index in [-0.39, 0.29) is 0 Å². The van der Waals surface area contributed by atoms with Crippen LogP contribution in [0.1, 0.15) is 18.2 Å². The quantitative estimate of drug-likeness (QED) is 0.804. The van der Waals surface area contributed by atoms with E-state index in [0.29, 0.717) is 17.5 Å². The molecule has 2 heterocycles. The van der Waals surface area contributed by atoms with Crippen LogP contribution in [0.5, 0.6) is 0 Å². The van der Waals surface area contributed by atoms with Crippen LogP contribution in [0.2, 0.25) is 5.02 Å². The molecule has 102 valence electrons. The second-order valence-electron chi connectivity index (χ2n) is 4.63. The second kappa shape index (κ2) is 5.13. The van der Waals surface area contributed by atoms with Crippen LogP contribution < -0.4 is 5.73 Å². The summed E-state index contributed by atoms with van der Waals surface area (Å²) in [4.78, 5) is 8.81. The van der Waals surface area contributed by atoms with Crippen LogP contribution in [0.25, 0.3) is 11.0 Å². The van der Waals surface area contributed by atoms with Crippen molar-refractivity contribution in [1.82, 2.24) is 14.5 Å². The fourth-order valence-electron chi connectivity index (χ4n) is 2.41. The lowest BCUT2D eigenvalue weighted by Crippen LogP contribution is -2.08. The Labute approximate surface area is 122 Å². The number of hydrogen-bond donors (Lipinski definition) is 1. The van der Waals surface area contributed by atoms with E-state index < -0.39 is 0 Å². The van der Waals surface area contributed by atoms with E-state index in [1.54, 1.807) is 6.20 Å². The van der Waals surface area contributed by atoms with E-state index in [2.05, 4.69) is 23.0 Å². The highest BCUT2D eigenvalue weighted by molar-refractivity contribution is 6.35. The van der Waals surface area contributed by atoms with Crippen LogP contribution in [-0.4, -0.2) is 14.5 Å². The molecule has 0 unspecified atom stereocenters. The zero-order valence-corrected chi connectivity index (χ0v) is 11.9. The third-order valence-corrected chi connectivity index (χ3v) is 3.73. The van der Waals surface area contributed by atoms with Gasteiger partial charge in [-0.15, -0.1) is 0 Å². The van der Waals surface area contributed by atoms with Crippen molar-refractivity contribution in [2.24, 2.45) is 0 Å². The average Bonchev–Trinajstić information content (AvgIpc) is 2.77. The largest absolute Gasteiger partial charge is 0.369 e. The predicted molar refractivity (Wildman–Crippen MR) is 81.9 cm³/mol. The summed E-state index contributed by atoms with van der Waals surface area (Å²) >= 11 is 6.28. The topological polar surface area (TPSA) is 56.7 Å². The molecule has 2 N–H and O–H groups in total. The zero-order chi connectivity index (χ0) is 14.1. The van der Waals surface area contributed by atoms with Crippen molar-refractivity contribution >= 4 is 28.6 Å². The molecular formula is C15H15ClN4. The van der Waals surface area contributed by atoms with Gasteiger partial charge in [-0.2, -0.15) is 0 Å². The van der Waals surface area contributed by atoms with Crippen LogP contribution in [0.3, 0.4) is 0 Å². The maximum absolute atomic E-state index is 6.28. The average molecular weight is 287 g/mol. The normalized spacial score (nSPS) is 11.1. The Morgan fingerprint density at radius 3 is 2.90 bits per heavy atom. The molecule has 4 nitrogen and oxygen atoms in total. The molecule has 0 fully saturated rings. The Kier molecular flexibility index (Phi) is 3.32. The first-order chi connectivity index (χ1) is 9.70. The van der Waals surface area contributed by atoms with Crippen molar-refractivity contribution in [3.05, 3.63) is 52.8 Å². The van der Waals surface area contributed by atoms with Gasteiger partial charge in [0.1, 0.15) is 0 Å². The monoisotopic (exact) mass is 286 g/mol. The first-order valence-electron chi connectivity index (χ1n) is 6.53. The number of fused-ring (bicyclic) bond motifs is 1. The predicted octanol–water partition coefficient (Wildman–Crippen LogP) is 3.28. The van der Waals surface area contributed by atoms with Crippen LogP contribution in [-0.2, 0) is 13.0 Å². The molecule has 0 aliphatic carbocycles. The van der Waals surface area contributed by atoms with Crippen molar-refractivity contribution in [2.75, 3.05) is 5.73 Å². The zero-order valence-electron chi connectivity index (χ0n) is 11.2. The summed E-state index contributed by atoms with van der Waals surface area (Å²) in [6.45, 7) is 2.69. The molecule has 0 aliphatic heterocycles. The number of imidazole rings is 1. The van der Waals surface area contributed by atoms with E-state index in [1.165, 1.54) is 5.56 Å². The minimum Gasteiger partial charge on any atom is -0.369 e. The standard InChI is InChI=1S/C15H15ClN4/c1-2-10-5-4-8-18-13(10)9-20-14-11(16)6-3-7-12(14)19-15(20)17/h3-8H,2,9H2,1H3,(H2,17,19). The van der Waals surface area contributed by atoms with Crippen molar-refractivity contribution in [3.8, 4) is 0 Å². The molecular weight excluding hydrogens is 272 g/mol. The number of aromatic nitrogens is 3. The molecule has 20 heavy (non-hydrogen) atoms. The number of para-hydroxylation sites is 1. The Hall–Kier alpha value is -2.07. The second-order valence-corrected chi connectivity index (χ2v) is 5.03. The Morgan fingerprint density at radius 2 is 2.10 bits per heavy atom. The number of benzene rings is 1. The summed E-state index contributed by atoms with van der Waals surface area (Å²) in [7, 11) is 0. The fraction of sp³-hybridized carbons (Fsp3) is 0.200. The summed E-state index contributed by atoms with van der Waals surface area (Å²) in [6, 6.07) is 9.66. The molecule has 1 aromatic carbocycles. The molecule has 0 radical (unpaired) electrons. The van der Waals surface area contributed by atoms with Crippen LogP contribution in [0.15, 0.2) is 36.5 Å². The molecule has 5 heteroatoms. The smallest absolute Gasteiger partial charge is 0.201 e. The maximum Gasteiger partial charge on any atom is 0.201 e. The van der Waals surface area contributed by atoms with Gasteiger partial charge in [-0.1, -0.05) is 30.7 Å². The first-order valence-corrected chi connectivity index (χ1v) is 6.91. The van der Waals surface area contributed by atoms with Crippen molar-refractivity contribution in [2.45, 2.75) is 19.9 Å². The molecule has 3 rings (SSSR count). The summed E-state index contributed by atoms with van der Waals surface area (Å²) in [5, 5.41) is 0.653. The number of nitrogen functional groups attached to an aromatic ring is 1. The third-order valence-electron chi connectivity index (χ3n) is 3.42. The molecule has 2 aromatic heterocycles. The number of aryl methyl sites for hydroxylation is 1. The van der Waals surface area contributed by atoms with E-state index in [9.17, 15) is 0 Å². The minimum absolute atomic E-state index is 0.459. The van der Waals surface area contributed by atoms with Gasteiger partial charge in [0.2, 0.25) is 5.95 Å². The van der Waals surface area contributed by atoms with Crippen molar-refractivity contribution in [3.63, 3.8) is 0 Å². The highest BCUT2D eigenvalue weighted by Crippen LogP contribution is 2.26. The van der Waals surface area contributed by atoms with Crippen LogP contribution >= 0.6 is 11.6 Å². The van der Waals surface area contributed by atoms with Gasteiger partial charge in [0.25, 0.3) is 0 Å². The Bertz CT molecular complexity index is 764. The van der Waals surface area contributed by atoms with E-state index in [4.69, 9.17) is 17.3 Å². The lowest BCUT2D eigenvalue weighted by molar-refractivity contribution is 0.793. The number of nitrogens with zero attached hydrogens (tertiary/aromatic N) is 3. The molecule has 0 atom stereocenters. The van der Waals surface area contributed by atoms with E-state index in [1.807, 2.05) is 28.8 Å². The number of hydrogen-bond acceptors (Lipinski definition) is 3. The summed E-state index contributed by atoms with van der Waals surface area (Å²) < 4.78 is 1.92. The molecule has 0 spiro atoms. The van der Waals surface area contributed by atoms with Gasteiger partial charge < -0.3 is 10.3 Å². The SMILES string of the molecule is CCc1cccnc1Cn1c(N)nc2cccc(Cl)c21. The van der Waals surface area contributed by atoms with Gasteiger partial charge in [-0.3, -0.25) is 4.98 Å². The Morgan fingerprint density at radius 1 is 1.25 bits per heavy atom. The molecule has 0 amide bonds. The van der Waals surface area contributed by atoms with Gasteiger partial charge >= 0.3 is 0 Å². The van der Waals surface area contributed by atoms with Gasteiger partial charge in [-0.05, 0) is 30.2 Å². The fourth-order valence-corrected chi connectivity index (χ4v) is 2.68. The lowest BCUT2D eigenvalue weighted by atomic mass is 10.1. The number of halogens is 1. The van der Waals surface area contributed by atoms with Crippen molar-refractivity contribution < 1.29 is 0 Å². The molecule has 3 aromatic rings. The maximum atomic E-state index is 6.28. The molecule has 0 saturated heterocycles. The molecule has 0 aliphatic rings. The van der Waals surface area contributed by atoms with E-state index >= 15 is 0 Å². The molecule has 0 bridgehead atoms. The first kappa shape index (κ1) is 12.9. The number of anilines is 1. The summed E-state index contributed by atoms with van der Waals surface area (Å²) in [6.07, 6.45) is 2.73. The Balaban J connectivity index is 2.13. The third kappa shape index (κ3) is 2.12. The van der Waals surface area contributed by atoms with Crippen LogP contribution in [0.4, 0.5) is 5.95 Å². The molecule has 0 saturated carbocycles.